The van der Waals surface area contributed by atoms with Gasteiger partial charge < -0.3 is 0 Å². The van der Waals surface area contributed by atoms with Gasteiger partial charge in [0.15, 0.2) is 5.16 Å². The molecule has 2 heterocycles. The van der Waals surface area contributed by atoms with Crippen molar-refractivity contribution in [3.63, 3.8) is 0 Å². The molecule has 0 spiro atoms. The molecule has 120 valence electrons. The van der Waals surface area contributed by atoms with Gasteiger partial charge in [0.05, 0.1) is 5.75 Å². The lowest BCUT2D eigenvalue weighted by Gasteiger charge is -2.24. The Morgan fingerprint density at radius 1 is 1.39 bits per heavy atom. The molecule has 1 aliphatic rings. The van der Waals surface area contributed by atoms with Crippen molar-refractivity contribution in [1.82, 2.24) is 9.97 Å². The SMILES string of the molecule is CSc1nc(Cl)cc(N2C(=O)CSC2c2c(F)cccc2Cl)n1. The standard InChI is InChI=1S/C14H10Cl2FN3OS2/c1-22-14-18-9(16)5-10(19-14)20-11(21)6-23-13(20)12-7(15)3-2-4-8(12)17/h2-5,13H,6H2,1H3. The fourth-order valence-electron chi connectivity index (χ4n) is 2.23. The Balaban J connectivity index is 2.09. The van der Waals surface area contributed by atoms with Gasteiger partial charge in [0, 0.05) is 16.7 Å². The third-order valence-corrected chi connectivity index (χ3v) is 5.45. The highest BCUT2D eigenvalue weighted by molar-refractivity contribution is 8.00. The van der Waals surface area contributed by atoms with Gasteiger partial charge in [-0.3, -0.25) is 9.69 Å². The molecule has 23 heavy (non-hydrogen) atoms. The van der Waals surface area contributed by atoms with Gasteiger partial charge in [0.25, 0.3) is 0 Å². The van der Waals surface area contributed by atoms with Crippen LogP contribution in [0.3, 0.4) is 0 Å². The second kappa shape index (κ2) is 6.84. The van der Waals surface area contributed by atoms with Crippen LogP contribution >= 0.6 is 46.7 Å². The van der Waals surface area contributed by atoms with E-state index < -0.39 is 11.2 Å². The summed E-state index contributed by atoms with van der Waals surface area (Å²) >= 11 is 14.8. The van der Waals surface area contributed by atoms with Crippen LogP contribution in [0.15, 0.2) is 29.4 Å². The second-order valence-corrected chi connectivity index (χ2v) is 7.23. The highest BCUT2D eigenvalue weighted by Crippen LogP contribution is 2.44. The van der Waals surface area contributed by atoms with Gasteiger partial charge in [0.1, 0.15) is 22.2 Å². The van der Waals surface area contributed by atoms with Crippen LogP contribution in [0.4, 0.5) is 10.2 Å². The van der Waals surface area contributed by atoms with Crippen molar-refractivity contribution < 1.29 is 9.18 Å². The molecule has 9 heteroatoms. The number of thioether (sulfide) groups is 2. The monoisotopic (exact) mass is 389 g/mol. The van der Waals surface area contributed by atoms with Crippen molar-refractivity contribution in [3.05, 3.63) is 45.8 Å². The fraction of sp³-hybridized carbons (Fsp3) is 0.214. The Morgan fingerprint density at radius 3 is 2.87 bits per heavy atom. The zero-order chi connectivity index (χ0) is 16.6. The number of benzene rings is 1. The van der Waals surface area contributed by atoms with Crippen LogP contribution in [0, 0.1) is 5.82 Å². The van der Waals surface area contributed by atoms with Crippen molar-refractivity contribution in [2.75, 3.05) is 16.9 Å². The highest BCUT2D eigenvalue weighted by Gasteiger charge is 2.38. The topological polar surface area (TPSA) is 46.1 Å². The van der Waals surface area contributed by atoms with E-state index in [9.17, 15) is 9.18 Å². The summed E-state index contributed by atoms with van der Waals surface area (Å²) in [6, 6.07) is 5.94. The van der Waals surface area contributed by atoms with Crippen LogP contribution in [0.5, 0.6) is 0 Å². The van der Waals surface area contributed by atoms with E-state index in [0.29, 0.717) is 11.0 Å². The fourth-order valence-corrected chi connectivity index (χ4v) is 4.39. The number of hydrogen-bond donors (Lipinski definition) is 0. The second-order valence-electron chi connectivity index (χ2n) is 4.60. The Morgan fingerprint density at radius 2 is 2.17 bits per heavy atom. The molecule has 1 aromatic heterocycles. The number of rotatable bonds is 3. The number of carbonyl (C=O) groups is 1. The van der Waals surface area contributed by atoms with E-state index in [0.717, 1.165) is 0 Å². The number of anilines is 1. The number of halogens is 3. The lowest BCUT2D eigenvalue weighted by Crippen LogP contribution is -2.29. The van der Waals surface area contributed by atoms with Crippen molar-refractivity contribution in [1.29, 1.82) is 0 Å². The van der Waals surface area contributed by atoms with Crippen LogP contribution < -0.4 is 4.90 Å². The van der Waals surface area contributed by atoms with Gasteiger partial charge in [-0.25, -0.2) is 14.4 Å². The third-order valence-electron chi connectivity index (χ3n) is 3.20. The van der Waals surface area contributed by atoms with E-state index >= 15 is 0 Å². The summed E-state index contributed by atoms with van der Waals surface area (Å²) in [7, 11) is 0. The molecule has 2 aromatic rings. The molecule has 1 unspecified atom stereocenters. The molecule has 1 atom stereocenters. The largest absolute Gasteiger partial charge is 0.279 e. The minimum Gasteiger partial charge on any atom is -0.279 e. The molecule has 0 bridgehead atoms. The van der Waals surface area contributed by atoms with Gasteiger partial charge >= 0.3 is 0 Å². The molecule has 0 saturated carbocycles. The van der Waals surface area contributed by atoms with Crippen molar-refractivity contribution in [2.45, 2.75) is 10.5 Å². The zero-order valence-corrected chi connectivity index (χ0v) is 14.9. The van der Waals surface area contributed by atoms with Crippen LogP contribution in [-0.4, -0.2) is 27.9 Å². The number of hydrogen-bond acceptors (Lipinski definition) is 5. The van der Waals surface area contributed by atoms with Crippen molar-refractivity contribution >= 4 is 58.5 Å². The van der Waals surface area contributed by atoms with Crippen molar-refractivity contribution in [3.8, 4) is 0 Å². The Labute approximate surface area is 150 Å². The summed E-state index contributed by atoms with van der Waals surface area (Å²) in [5.41, 5.74) is 0.269. The Kier molecular flexibility index (Phi) is 5.01. The van der Waals surface area contributed by atoms with Crippen LogP contribution in [0.25, 0.3) is 0 Å². The first-order chi connectivity index (χ1) is 11.0. The molecule has 1 amide bonds. The van der Waals surface area contributed by atoms with Gasteiger partial charge in [0.2, 0.25) is 5.91 Å². The molecule has 1 saturated heterocycles. The normalized spacial score (nSPS) is 17.8. The molecular weight excluding hydrogens is 380 g/mol. The van der Waals surface area contributed by atoms with E-state index in [1.807, 2.05) is 0 Å². The van der Waals surface area contributed by atoms with Crippen LogP contribution in [0.2, 0.25) is 10.2 Å². The van der Waals surface area contributed by atoms with Gasteiger partial charge in [-0.15, -0.1) is 11.8 Å². The summed E-state index contributed by atoms with van der Waals surface area (Å²) in [6.07, 6.45) is 1.81. The van der Waals surface area contributed by atoms with Crippen LogP contribution in [-0.2, 0) is 4.79 Å². The molecule has 0 radical (unpaired) electrons. The maximum atomic E-state index is 14.2. The molecular formula is C14H10Cl2FN3OS2. The maximum absolute atomic E-state index is 14.2. The minimum absolute atomic E-state index is 0.180. The summed E-state index contributed by atoms with van der Waals surface area (Å²) in [5, 5.41) is 0.349. The smallest absolute Gasteiger partial charge is 0.239 e. The summed E-state index contributed by atoms with van der Waals surface area (Å²) in [4.78, 5) is 22.1. The Bertz CT molecular complexity index is 757. The molecule has 1 aromatic carbocycles. The average Bonchev–Trinajstić information content (AvgIpc) is 2.88. The molecule has 4 nitrogen and oxygen atoms in total. The first-order valence-corrected chi connectivity index (χ1v) is 9.50. The summed E-state index contributed by atoms with van der Waals surface area (Å²) in [5.74, 6) is -0.0827. The molecule has 0 aliphatic carbocycles. The number of aromatic nitrogens is 2. The first-order valence-electron chi connectivity index (χ1n) is 6.47. The lowest BCUT2D eigenvalue weighted by molar-refractivity contribution is -0.115. The summed E-state index contributed by atoms with van der Waals surface area (Å²) in [6.45, 7) is 0. The minimum atomic E-state index is -0.586. The van der Waals surface area contributed by atoms with Gasteiger partial charge in [-0.1, -0.05) is 41.0 Å². The third kappa shape index (κ3) is 3.28. The molecule has 1 aliphatic heterocycles. The maximum Gasteiger partial charge on any atom is 0.239 e. The molecule has 3 rings (SSSR count). The summed E-state index contributed by atoms with van der Waals surface area (Å²) < 4.78 is 14.2. The Hall–Kier alpha value is -1.02. The zero-order valence-electron chi connectivity index (χ0n) is 11.8. The predicted octanol–water partition coefficient (Wildman–Crippen LogP) is 4.42. The average molecular weight is 390 g/mol. The first kappa shape index (κ1) is 16.8. The van der Waals surface area contributed by atoms with E-state index in [4.69, 9.17) is 23.2 Å². The van der Waals surface area contributed by atoms with E-state index in [1.165, 1.54) is 46.6 Å². The van der Waals surface area contributed by atoms with Crippen molar-refractivity contribution in [2.24, 2.45) is 0 Å². The predicted molar refractivity (Wildman–Crippen MR) is 92.9 cm³/mol. The van der Waals surface area contributed by atoms with E-state index in [1.54, 1.807) is 12.3 Å². The lowest BCUT2D eigenvalue weighted by atomic mass is 10.2. The molecule has 1 fully saturated rings. The van der Waals surface area contributed by atoms with Crippen LogP contribution in [0.1, 0.15) is 10.9 Å². The van der Waals surface area contributed by atoms with Gasteiger partial charge in [-0.2, -0.15) is 0 Å². The van der Waals surface area contributed by atoms with E-state index in [-0.39, 0.29) is 27.4 Å². The highest BCUT2D eigenvalue weighted by atomic mass is 35.5. The van der Waals surface area contributed by atoms with Gasteiger partial charge in [-0.05, 0) is 18.4 Å². The number of carbonyl (C=O) groups excluding carboxylic acids is 1. The molecule has 0 N–H and O–H groups in total. The van der Waals surface area contributed by atoms with E-state index in [2.05, 4.69) is 9.97 Å². The number of nitrogens with zero attached hydrogens (tertiary/aromatic N) is 3. The number of amides is 1. The quantitative estimate of drug-likeness (QED) is 0.441.